The van der Waals surface area contributed by atoms with Crippen LogP contribution >= 0.6 is 0 Å². The summed E-state index contributed by atoms with van der Waals surface area (Å²) in [5.41, 5.74) is 21.6. The molecule has 0 rings (SSSR count). The average Bonchev–Trinajstić information content (AvgIpc) is 2.77. The Morgan fingerprint density at radius 2 is 1.17 bits per heavy atom. The summed E-state index contributed by atoms with van der Waals surface area (Å²) in [6, 6.07) is -4.67. The summed E-state index contributed by atoms with van der Waals surface area (Å²) in [5, 5.41) is 16.7. The maximum absolute atomic E-state index is 13.0. The van der Waals surface area contributed by atoms with Crippen molar-refractivity contribution in [1.82, 2.24) is 16.0 Å². The fourth-order valence-corrected chi connectivity index (χ4v) is 3.30. The molecule has 0 aromatic heterocycles. The summed E-state index contributed by atoms with van der Waals surface area (Å²) < 4.78 is 0. The van der Waals surface area contributed by atoms with E-state index in [2.05, 4.69) is 16.0 Å². The molecule has 0 bridgehead atoms. The van der Waals surface area contributed by atoms with Gasteiger partial charge < -0.3 is 44.0 Å². The highest BCUT2D eigenvalue weighted by Gasteiger charge is 2.30. The van der Waals surface area contributed by atoms with Crippen LogP contribution in [0.5, 0.6) is 0 Å². The van der Waals surface area contributed by atoms with Crippen LogP contribution in [-0.4, -0.2) is 71.3 Å². The van der Waals surface area contributed by atoms with E-state index in [0.717, 1.165) is 0 Å². The maximum atomic E-state index is 13.0. The molecule has 0 spiro atoms. The molecule has 36 heavy (non-hydrogen) atoms. The Labute approximate surface area is 210 Å². The Morgan fingerprint density at radius 3 is 1.61 bits per heavy atom. The van der Waals surface area contributed by atoms with Crippen LogP contribution in [0.3, 0.4) is 0 Å². The first-order valence-electron chi connectivity index (χ1n) is 11.9. The number of rotatable bonds is 19. The molecule has 0 heterocycles. The van der Waals surface area contributed by atoms with Gasteiger partial charge in [0.15, 0.2) is 0 Å². The van der Waals surface area contributed by atoms with Crippen molar-refractivity contribution in [1.29, 1.82) is 0 Å². The normalized spacial score (nSPS) is 14.2. The van der Waals surface area contributed by atoms with E-state index in [1.165, 1.54) is 0 Å². The number of primary amides is 2. The number of nitrogens with one attached hydrogen (secondary N) is 3. The number of hydrogen-bond acceptors (Lipinski definition) is 8. The minimum Gasteiger partial charge on any atom is -0.480 e. The van der Waals surface area contributed by atoms with Crippen LogP contribution in [0.4, 0.5) is 0 Å². The lowest BCUT2D eigenvalue weighted by Gasteiger charge is -2.25. The van der Waals surface area contributed by atoms with Crippen molar-refractivity contribution in [2.24, 2.45) is 28.9 Å². The van der Waals surface area contributed by atoms with Gasteiger partial charge in [0.2, 0.25) is 29.5 Å². The summed E-state index contributed by atoms with van der Waals surface area (Å²) in [5.74, 6) is -4.84. The van der Waals surface area contributed by atoms with Crippen molar-refractivity contribution < 1.29 is 33.9 Å². The number of nitrogens with two attached hydrogens (primary N) is 4. The van der Waals surface area contributed by atoms with Crippen LogP contribution in [0.2, 0.25) is 0 Å². The van der Waals surface area contributed by atoms with E-state index in [-0.39, 0.29) is 38.0 Å². The molecule has 0 fully saturated rings. The molecule has 0 aromatic carbocycles. The topological polar surface area (TPSA) is 263 Å². The predicted octanol–water partition coefficient (Wildman–Crippen LogP) is -2.44. The molecule has 0 aromatic rings. The lowest BCUT2D eigenvalue weighted by atomic mass is 10.0. The fraction of sp³-hybridized carbons (Fsp3) is 0.727. The lowest BCUT2D eigenvalue weighted by Crippen LogP contribution is -2.57. The van der Waals surface area contributed by atoms with Crippen LogP contribution in [0.15, 0.2) is 0 Å². The van der Waals surface area contributed by atoms with Crippen LogP contribution < -0.4 is 38.9 Å². The van der Waals surface area contributed by atoms with Gasteiger partial charge in [-0.25, -0.2) is 4.79 Å². The van der Waals surface area contributed by atoms with E-state index >= 15 is 0 Å². The third-order valence-electron chi connectivity index (χ3n) is 5.25. The Morgan fingerprint density at radius 1 is 0.722 bits per heavy atom. The number of carboxylic acids is 1. The van der Waals surface area contributed by atoms with Gasteiger partial charge in [-0.05, 0) is 51.0 Å². The minimum atomic E-state index is -1.40. The zero-order valence-electron chi connectivity index (χ0n) is 21.0. The molecule has 0 aliphatic rings. The van der Waals surface area contributed by atoms with Gasteiger partial charge in [-0.15, -0.1) is 0 Å². The Bertz CT molecular complexity index is 776. The van der Waals surface area contributed by atoms with Crippen molar-refractivity contribution in [3.05, 3.63) is 0 Å². The van der Waals surface area contributed by atoms with Crippen molar-refractivity contribution >= 4 is 35.5 Å². The van der Waals surface area contributed by atoms with Gasteiger partial charge >= 0.3 is 5.97 Å². The monoisotopic (exact) mass is 515 g/mol. The highest BCUT2D eigenvalue weighted by Crippen LogP contribution is 2.08. The number of unbranched alkanes of at least 4 members (excludes halogenated alkanes) is 1. The van der Waals surface area contributed by atoms with Gasteiger partial charge in [0.05, 0.1) is 6.04 Å². The third-order valence-corrected chi connectivity index (χ3v) is 5.25. The zero-order valence-corrected chi connectivity index (χ0v) is 21.0. The fourth-order valence-electron chi connectivity index (χ4n) is 3.30. The molecule has 4 atom stereocenters. The van der Waals surface area contributed by atoms with Gasteiger partial charge in [-0.3, -0.25) is 24.0 Å². The van der Waals surface area contributed by atoms with Crippen LogP contribution in [0.1, 0.15) is 65.2 Å². The third kappa shape index (κ3) is 14.2. The van der Waals surface area contributed by atoms with E-state index in [0.29, 0.717) is 25.8 Å². The number of carboxylic acid groups (broad SMARTS) is 1. The Hall–Kier alpha value is -3.26. The molecule has 12 N–H and O–H groups in total. The van der Waals surface area contributed by atoms with Crippen molar-refractivity contribution in [2.45, 2.75) is 89.4 Å². The average molecular weight is 516 g/mol. The second kappa shape index (κ2) is 17.2. The molecular weight excluding hydrogens is 474 g/mol. The molecule has 0 saturated carbocycles. The van der Waals surface area contributed by atoms with Crippen LogP contribution in [0.25, 0.3) is 0 Å². The van der Waals surface area contributed by atoms with E-state index in [1.807, 2.05) is 13.8 Å². The van der Waals surface area contributed by atoms with Gasteiger partial charge in [-0.2, -0.15) is 0 Å². The summed E-state index contributed by atoms with van der Waals surface area (Å²) in [6.45, 7) is 4.09. The Kier molecular flexibility index (Phi) is 15.7. The molecule has 14 nitrogen and oxygen atoms in total. The molecule has 5 amide bonds. The second-order valence-corrected chi connectivity index (χ2v) is 9.05. The van der Waals surface area contributed by atoms with Gasteiger partial charge in [0.1, 0.15) is 18.1 Å². The second-order valence-electron chi connectivity index (χ2n) is 9.05. The quantitative estimate of drug-likeness (QED) is 0.0848. The lowest BCUT2D eigenvalue weighted by molar-refractivity contribution is -0.142. The molecule has 14 heteroatoms. The summed E-state index contributed by atoms with van der Waals surface area (Å²) in [6.07, 6.45) is 0.623. The first kappa shape index (κ1) is 32.7. The maximum Gasteiger partial charge on any atom is 0.326 e. The molecular formula is C22H41N7O7. The number of aliphatic carboxylic acids is 1. The number of carbonyl (C=O) groups is 6. The molecule has 4 unspecified atom stereocenters. The van der Waals surface area contributed by atoms with Gasteiger partial charge in [0.25, 0.3) is 0 Å². The van der Waals surface area contributed by atoms with Crippen molar-refractivity contribution in [3.63, 3.8) is 0 Å². The zero-order chi connectivity index (χ0) is 27.8. The van der Waals surface area contributed by atoms with E-state index in [1.54, 1.807) is 0 Å². The van der Waals surface area contributed by atoms with E-state index < -0.39 is 59.7 Å². The summed E-state index contributed by atoms with van der Waals surface area (Å²) in [7, 11) is 0. The first-order valence-corrected chi connectivity index (χ1v) is 11.9. The smallest absolute Gasteiger partial charge is 0.326 e. The highest BCUT2D eigenvalue weighted by molar-refractivity contribution is 5.94. The first-order chi connectivity index (χ1) is 16.8. The number of hydrogen-bond donors (Lipinski definition) is 8. The van der Waals surface area contributed by atoms with E-state index in [9.17, 15) is 33.9 Å². The highest BCUT2D eigenvalue weighted by atomic mass is 16.4. The standard InChI is InChI=1S/C22H41N7O7/c1-12(2)11-13(24)19(32)27-15(6-8-17(25)30)21(34)28-14(5-3-4-10-23)20(33)29-16(22(35)36)7-9-18(26)31/h12-16H,3-11,23-24H2,1-2H3,(H2,25,30)(H2,26,31)(H,27,32)(H,28,34)(H,29,33)(H,35,36). The molecule has 0 aliphatic carbocycles. The summed E-state index contributed by atoms with van der Waals surface area (Å²) >= 11 is 0. The largest absolute Gasteiger partial charge is 0.480 e. The van der Waals surface area contributed by atoms with Crippen molar-refractivity contribution in [3.8, 4) is 0 Å². The van der Waals surface area contributed by atoms with Gasteiger partial charge in [-0.1, -0.05) is 13.8 Å². The SMILES string of the molecule is CC(C)CC(N)C(=O)NC(CCC(N)=O)C(=O)NC(CCCCN)C(=O)NC(CCC(N)=O)C(=O)O. The molecule has 0 aliphatic heterocycles. The number of amides is 5. The van der Waals surface area contributed by atoms with Gasteiger partial charge in [0, 0.05) is 12.8 Å². The Balaban J connectivity index is 5.59. The molecule has 0 saturated heterocycles. The minimum absolute atomic E-state index is 0.121. The molecule has 206 valence electrons. The summed E-state index contributed by atoms with van der Waals surface area (Å²) in [4.78, 5) is 72.2. The van der Waals surface area contributed by atoms with Crippen LogP contribution in [0, 0.1) is 5.92 Å². The van der Waals surface area contributed by atoms with E-state index in [4.69, 9.17) is 22.9 Å². The van der Waals surface area contributed by atoms with Crippen molar-refractivity contribution in [2.75, 3.05) is 6.54 Å². The number of carbonyl (C=O) groups excluding carboxylic acids is 5. The van der Waals surface area contributed by atoms with Crippen LogP contribution in [-0.2, 0) is 28.8 Å². The molecule has 0 radical (unpaired) electrons. The predicted molar refractivity (Wildman–Crippen MR) is 131 cm³/mol.